The minimum Gasteiger partial charge on any atom is -0.462 e. The first-order valence-electron chi connectivity index (χ1n) is 24.2. The van der Waals surface area contributed by atoms with Gasteiger partial charge in [-0.15, -0.1) is 0 Å². The first-order chi connectivity index (χ1) is 26.7. The van der Waals surface area contributed by atoms with Crippen molar-refractivity contribution in [1.82, 2.24) is 0 Å². The molecule has 3 atom stereocenters. The number of esters is 3. The summed E-state index contributed by atoms with van der Waals surface area (Å²) in [5.41, 5.74) is 0. The molecule has 0 aromatic rings. The van der Waals surface area contributed by atoms with Gasteiger partial charge in [-0.05, 0) is 37.0 Å². The predicted molar refractivity (Wildman–Crippen MR) is 233 cm³/mol. The van der Waals surface area contributed by atoms with Crippen molar-refractivity contribution in [2.75, 3.05) is 13.2 Å². The van der Waals surface area contributed by atoms with Gasteiger partial charge in [-0.1, -0.05) is 221 Å². The Morgan fingerprint density at radius 2 is 0.636 bits per heavy atom. The van der Waals surface area contributed by atoms with Crippen LogP contribution in [0, 0.1) is 17.8 Å². The number of unbranched alkanes of at least 4 members (excludes halogenated alkanes) is 23. The van der Waals surface area contributed by atoms with E-state index in [2.05, 4.69) is 41.5 Å². The molecule has 0 aromatic heterocycles. The summed E-state index contributed by atoms with van der Waals surface area (Å²) in [4.78, 5) is 37.8. The molecule has 0 spiro atoms. The van der Waals surface area contributed by atoms with Crippen molar-refractivity contribution in [3.63, 3.8) is 0 Å². The fraction of sp³-hybridized carbons (Fsp3) is 0.939. The average molecular weight is 779 g/mol. The van der Waals surface area contributed by atoms with Crippen molar-refractivity contribution in [3.05, 3.63) is 0 Å². The second kappa shape index (κ2) is 40.6. The third-order valence-electron chi connectivity index (χ3n) is 11.6. The maximum Gasteiger partial charge on any atom is 0.306 e. The fourth-order valence-electron chi connectivity index (χ4n) is 7.17. The zero-order chi connectivity index (χ0) is 40.6. The lowest BCUT2D eigenvalue weighted by molar-refractivity contribution is -0.167. The maximum atomic E-state index is 12.7. The highest BCUT2D eigenvalue weighted by molar-refractivity contribution is 5.71. The van der Waals surface area contributed by atoms with E-state index in [-0.39, 0.29) is 31.1 Å². The predicted octanol–water partition coefficient (Wildman–Crippen LogP) is 15.2. The minimum atomic E-state index is -0.763. The number of hydrogen-bond acceptors (Lipinski definition) is 6. The van der Waals surface area contributed by atoms with Gasteiger partial charge in [0.15, 0.2) is 6.10 Å². The lowest BCUT2D eigenvalue weighted by Crippen LogP contribution is -2.30. The molecule has 0 aliphatic heterocycles. The van der Waals surface area contributed by atoms with Crippen LogP contribution in [0.5, 0.6) is 0 Å². The summed E-state index contributed by atoms with van der Waals surface area (Å²) < 4.78 is 16.7. The summed E-state index contributed by atoms with van der Waals surface area (Å²) in [5, 5.41) is 0. The minimum absolute atomic E-state index is 0.0662. The van der Waals surface area contributed by atoms with E-state index in [4.69, 9.17) is 14.2 Å². The van der Waals surface area contributed by atoms with E-state index in [9.17, 15) is 14.4 Å². The van der Waals surface area contributed by atoms with Crippen LogP contribution in [0.3, 0.4) is 0 Å². The van der Waals surface area contributed by atoms with Crippen LogP contribution >= 0.6 is 0 Å². The van der Waals surface area contributed by atoms with E-state index in [1.165, 1.54) is 141 Å². The summed E-state index contributed by atoms with van der Waals surface area (Å²) >= 11 is 0. The van der Waals surface area contributed by atoms with Crippen LogP contribution in [0.15, 0.2) is 0 Å². The number of rotatable bonds is 42. The maximum absolute atomic E-state index is 12.7. The molecule has 0 aliphatic carbocycles. The zero-order valence-corrected chi connectivity index (χ0v) is 37.7. The van der Waals surface area contributed by atoms with Gasteiger partial charge in [0, 0.05) is 19.3 Å². The van der Waals surface area contributed by atoms with Crippen LogP contribution in [-0.2, 0) is 28.6 Å². The summed E-state index contributed by atoms with van der Waals surface area (Å²) in [6.45, 7) is 13.7. The Labute approximate surface area is 342 Å². The second-order valence-corrected chi connectivity index (χ2v) is 17.7. The molecular formula is C49H94O6. The molecule has 0 saturated carbocycles. The normalized spacial score (nSPS) is 13.1. The van der Waals surface area contributed by atoms with Crippen LogP contribution in [0.1, 0.15) is 260 Å². The monoisotopic (exact) mass is 779 g/mol. The number of hydrogen-bond donors (Lipinski definition) is 0. The molecule has 0 rings (SSSR count). The van der Waals surface area contributed by atoms with Crippen LogP contribution in [0.4, 0.5) is 0 Å². The standard InChI is InChI=1S/C49H94O6/c1-7-44(5)36-30-24-18-15-16-20-28-34-40-49(52)55-46(42-54-48(51)39-33-27-22-21-25-31-37-45(6)8-2)41-53-47(50)38-32-26-19-14-12-10-9-11-13-17-23-29-35-43(3)4/h43-46H,7-42H2,1-6H3/t44?,45?,46-/m1/s1. The molecule has 0 N–H and O–H groups in total. The van der Waals surface area contributed by atoms with E-state index in [0.717, 1.165) is 75.5 Å². The summed E-state index contributed by atoms with van der Waals surface area (Å²) in [6, 6.07) is 0. The molecule has 0 fully saturated rings. The fourth-order valence-corrected chi connectivity index (χ4v) is 7.17. The second-order valence-electron chi connectivity index (χ2n) is 17.7. The molecule has 6 heteroatoms. The van der Waals surface area contributed by atoms with Crippen molar-refractivity contribution < 1.29 is 28.6 Å². The van der Waals surface area contributed by atoms with E-state index >= 15 is 0 Å². The molecule has 6 nitrogen and oxygen atoms in total. The van der Waals surface area contributed by atoms with Crippen LogP contribution in [-0.4, -0.2) is 37.2 Å². The third kappa shape index (κ3) is 40.4. The quantitative estimate of drug-likeness (QED) is 0.0349. The number of ether oxygens (including phenoxy) is 3. The Bertz CT molecular complexity index is 856. The Balaban J connectivity index is 4.33. The molecule has 0 bridgehead atoms. The average Bonchev–Trinajstić information content (AvgIpc) is 3.17. The Kier molecular flexibility index (Phi) is 39.4. The topological polar surface area (TPSA) is 78.9 Å². The third-order valence-corrected chi connectivity index (χ3v) is 11.6. The van der Waals surface area contributed by atoms with Crippen molar-refractivity contribution in [2.45, 2.75) is 266 Å². The van der Waals surface area contributed by atoms with Gasteiger partial charge < -0.3 is 14.2 Å². The highest BCUT2D eigenvalue weighted by Gasteiger charge is 2.19. The van der Waals surface area contributed by atoms with Crippen LogP contribution < -0.4 is 0 Å². The Morgan fingerprint density at radius 3 is 0.945 bits per heavy atom. The molecule has 0 aromatic carbocycles. The van der Waals surface area contributed by atoms with Gasteiger partial charge in [0.05, 0.1) is 0 Å². The summed E-state index contributed by atoms with van der Waals surface area (Å²) in [7, 11) is 0. The smallest absolute Gasteiger partial charge is 0.306 e. The first-order valence-corrected chi connectivity index (χ1v) is 24.2. The van der Waals surface area contributed by atoms with E-state index in [1.807, 2.05) is 0 Å². The molecule has 0 amide bonds. The van der Waals surface area contributed by atoms with Gasteiger partial charge in [0.25, 0.3) is 0 Å². The Hall–Kier alpha value is -1.59. The lowest BCUT2D eigenvalue weighted by atomic mass is 9.99. The summed E-state index contributed by atoms with van der Waals surface area (Å²) in [5.74, 6) is 1.63. The number of carbonyl (C=O) groups is 3. The van der Waals surface area contributed by atoms with Crippen LogP contribution in [0.25, 0.3) is 0 Å². The van der Waals surface area contributed by atoms with Gasteiger partial charge in [0.1, 0.15) is 13.2 Å². The molecule has 55 heavy (non-hydrogen) atoms. The van der Waals surface area contributed by atoms with Gasteiger partial charge in [0.2, 0.25) is 0 Å². The largest absolute Gasteiger partial charge is 0.462 e. The molecular weight excluding hydrogens is 685 g/mol. The van der Waals surface area contributed by atoms with E-state index in [0.29, 0.717) is 19.3 Å². The van der Waals surface area contributed by atoms with Crippen molar-refractivity contribution in [2.24, 2.45) is 17.8 Å². The lowest BCUT2D eigenvalue weighted by Gasteiger charge is -2.18. The van der Waals surface area contributed by atoms with Gasteiger partial charge in [-0.2, -0.15) is 0 Å². The molecule has 326 valence electrons. The van der Waals surface area contributed by atoms with Gasteiger partial charge >= 0.3 is 17.9 Å². The zero-order valence-electron chi connectivity index (χ0n) is 37.7. The molecule has 2 unspecified atom stereocenters. The molecule has 0 radical (unpaired) electrons. The van der Waals surface area contributed by atoms with Crippen molar-refractivity contribution in [1.29, 1.82) is 0 Å². The van der Waals surface area contributed by atoms with E-state index in [1.54, 1.807) is 0 Å². The van der Waals surface area contributed by atoms with Gasteiger partial charge in [-0.25, -0.2) is 0 Å². The SMILES string of the molecule is CCC(C)CCCCCCCCCCC(=O)O[C@H](COC(=O)CCCCCCCCCCCCCCC(C)C)COC(=O)CCCCCCCCC(C)CC. The van der Waals surface area contributed by atoms with Crippen molar-refractivity contribution in [3.8, 4) is 0 Å². The van der Waals surface area contributed by atoms with E-state index < -0.39 is 6.10 Å². The highest BCUT2D eigenvalue weighted by Crippen LogP contribution is 2.18. The van der Waals surface area contributed by atoms with Crippen molar-refractivity contribution >= 4 is 17.9 Å². The Morgan fingerprint density at radius 1 is 0.364 bits per heavy atom. The first kappa shape index (κ1) is 53.4. The number of carbonyl (C=O) groups excluding carboxylic acids is 3. The molecule has 0 saturated heterocycles. The molecule has 0 heterocycles. The van der Waals surface area contributed by atoms with Gasteiger partial charge in [-0.3, -0.25) is 14.4 Å². The summed E-state index contributed by atoms with van der Waals surface area (Å²) in [6.07, 6.45) is 38.0. The van der Waals surface area contributed by atoms with Crippen LogP contribution in [0.2, 0.25) is 0 Å². The highest BCUT2D eigenvalue weighted by atomic mass is 16.6. The molecule has 0 aliphatic rings.